The smallest absolute Gasteiger partial charge is 0.0555 e. The summed E-state index contributed by atoms with van der Waals surface area (Å²) in [6, 6.07) is 66.6. The van der Waals surface area contributed by atoms with Crippen molar-refractivity contribution in [3.05, 3.63) is 182 Å². The fourth-order valence-electron chi connectivity index (χ4n) is 8.17. The first-order valence-corrected chi connectivity index (χ1v) is 18.2. The van der Waals surface area contributed by atoms with Crippen LogP contribution in [0.1, 0.15) is 0 Å². The number of hydrogen-bond donors (Lipinski definition) is 0. The molecule has 0 fully saturated rings. The minimum absolute atomic E-state index is 1.16. The molecule has 0 amide bonds. The molecule has 3 aromatic heterocycles. The summed E-state index contributed by atoms with van der Waals surface area (Å²) in [5.41, 5.74) is 12.1. The molecule has 0 N–H and O–H groups in total. The largest absolute Gasteiger partial charge is 0.309 e. The van der Waals surface area contributed by atoms with Crippen molar-refractivity contribution in [3.63, 3.8) is 0 Å². The normalized spacial score (nSPS) is 11.9. The molecule has 238 valence electrons. The van der Waals surface area contributed by atoms with E-state index in [9.17, 15) is 0 Å². The van der Waals surface area contributed by atoms with Gasteiger partial charge >= 0.3 is 0 Å². The van der Waals surface area contributed by atoms with Crippen LogP contribution in [-0.4, -0.2) is 9.13 Å². The summed E-state index contributed by atoms with van der Waals surface area (Å²) < 4.78 is 7.49. The topological polar surface area (TPSA) is 9.86 Å². The van der Waals surface area contributed by atoms with Crippen LogP contribution in [0.4, 0.5) is 0 Å². The monoisotopic (exact) mass is 666 g/mol. The highest BCUT2D eigenvalue weighted by molar-refractivity contribution is 7.26. The van der Waals surface area contributed by atoms with Gasteiger partial charge in [-0.25, -0.2) is 0 Å². The van der Waals surface area contributed by atoms with Crippen LogP contribution in [-0.2, 0) is 0 Å². The van der Waals surface area contributed by atoms with Gasteiger partial charge in [-0.05, 0) is 89.0 Å². The Bertz CT molecular complexity index is 3050. The quantitative estimate of drug-likeness (QED) is 0.177. The van der Waals surface area contributed by atoms with Crippen molar-refractivity contribution in [1.82, 2.24) is 9.13 Å². The number of benzene rings is 8. The summed E-state index contributed by atoms with van der Waals surface area (Å²) >= 11 is 1.89. The molecule has 8 aromatic carbocycles. The van der Waals surface area contributed by atoms with Gasteiger partial charge in [-0.1, -0.05) is 115 Å². The number of fused-ring (bicyclic) bond motifs is 9. The van der Waals surface area contributed by atoms with Gasteiger partial charge in [-0.3, -0.25) is 0 Å². The maximum atomic E-state index is 2.47. The number of aromatic nitrogens is 2. The van der Waals surface area contributed by atoms with Gasteiger partial charge in [0.2, 0.25) is 0 Å². The molecule has 11 aromatic rings. The van der Waals surface area contributed by atoms with Crippen molar-refractivity contribution < 1.29 is 0 Å². The molecular weight excluding hydrogens is 637 g/mol. The van der Waals surface area contributed by atoms with Crippen LogP contribution in [0.15, 0.2) is 182 Å². The Hall–Kier alpha value is -6.42. The summed E-state index contributed by atoms with van der Waals surface area (Å²) in [5.74, 6) is 0. The minimum atomic E-state index is 1.16. The van der Waals surface area contributed by atoms with E-state index in [2.05, 4.69) is 191 Å². The SMILES string of the molecule is c1ccc(-c2cc(-c3ccccc3)cc(-n3c4ccccc4c4cc5c(cc43)sc3cc4c(cc35)c3ccccc3n4-c3ccccc3)c2)cc1. The second-order valence-electron chi connectivity index (χ2n) is 13.4. The Labute approximate surface area is 298 Å². The van der Waals surface area contributed by atoms with Crippen molar-refractivity contribution in [2.45, 2.75) is 0 Å². The van der Waals surface area contributed by atoms with Gasteiger partial charge in [0.05, 0.1) is 22.1 Å². The van der Waals surface area contributed by atoms with Crippen molar-refractivity contribution in [3.8, 4) is 33.6 Å². The van der Waals surface area contributed by atoms with E-state index in [1.54, 1.807) is 0 Å². The van der Waals surface area contributed by atoms with Gasteiger partial charge in [0.15, 0.2) is 0 Å². The first-order valence-electron chi connectivity index (χ1n) is 17.4. The summed E-state index contributed by atoms with van der Waals surface area (Å²) in [5, 5.41) is 7.73. The molecule has 0 aliphatic carbocycles. The van der Waals surface area contributed by atoms with Crippen LogP contribution in [0, 0.1) is 0 Å². The van der Waals surface area contributed by atoms with Gasteiger partial charge in [0, 0.05) is 53.1 Å². The fourth-order valence-corrected chi connectivity index (χ4v) is 9.30. The van der Waals surface area contributed by atoms with Crippen molar-refractivity contribution >= 4 is 75.1 Å². The Morgan fingerprint density at radius 1 is 0.275 bits per heavy atom. The van der Waals surface area contributed by atoms with Crippen LogP contribution in [0.25, 0.3) is 97.4 Å². The molecule has 0 unspecified atom stereocenters. The standard InChI is InChI=1S/C48H30N2S/c1-4-14-31(15-5-1)33-24-34(32-16-6-2-7-17-32)26-36(25-33)50-44-23-13-11-21-38(44)40-28-42-41-27-39-37-20-10-12-22-43(37)49(35-18-8-3-9-19-35)45(39)29-47(41)51-48(42)30-46(40)50/h1-30H. The zero-order valence-corrected chi connectivity index (χ0v) is 28.4. The molecule has 0 aliphatic heterocycles. The van der Waals surface area contributed by atoms with E-state index in [-0.39, 0.29) is 0 Å². The Balaban J connectivity index is 1.20. The van der Waals surface area contributed by atoms with Crippen LogP contribution < -0.4 is 0 Å². The highest BCUT2D eigenvalue weighted by Gasteiger charge is 2.19. The zero-order chi connectivity index (χ0) is 33.5. The van der Waals surface area contributed by atoms with E-state index >= 15 is 0 Å². The molecule has 0 spiro atoms. The molecular formula is C48H30N2S. The maximum Gasteiger partial charge on any atom is 0.0555 e. The van der Waals surface area contributed by atoms with Crippen LogP contribution in [0.5, 0.6) is 0 Å². The third kappa shape index (κ3) is 4.35. The Kier molecular flexibility index (Phi) is 6.16. The van der Waals surface area contributed by atoms with Crippen molar-refractivity contribution in [2.75, 3.05) is 0 Å². The first-order chi connectivity index (χ1) is 25.3. The number of rotatable bonds is 4. The molecule has 3 heterocycles. The van der Waals surface area contributed by atoms with Crippen LogP contribution >= 0.6 is 11.3 Å². The molecule has 0 bridgehead atoms. The van der Waals surface area contributed by atoms with Gasteiger partial charge in [-0.15, -0.1) is 11.3 Å². The molecule has 0 atom stereocenters. The third-order valence-corrected chi connectivity index (χ3v) is 11.6. The lowest BCUT2D eigenvalue weighted by Crippen LogP contribution is -1.96. The maximum absolute atomic E-state index is 2.47. The molecule has 3 heteroatoms. The Morgan fingerprint density at radius 2 is 0.706 bits per heavy atom. The molecule has 0 saturated heterocycles. The lowest BCUT2D eigenvalue weighted by Gasteiger charge is -2.14. The number of nitrogens with zero attached hydrogens (tertiary/aromatic N) is 2. The van der Waals surface area contributed by atoms with E-state index in [1.807, 2.05) is 11.3 Å². The summed E-state index contributed by atoms with van der Waals surface area (Å²) in [4.78, 5) is 0. The van der Waals surface area contributed by atoms with Crippen LogP contribution in [0.2, 0.25) is 0 Å². The van der Waals surface area contributed by atoms with E-state index in [4.69, 9.17) is 0 Å². The minimum Gasteiger partial charge on any atom is -0.309 e. The zero-order valence-electron chi connectivity index (χ0n) is 27.6. The molecule has 0 radical (unpaired) electrons. The lowest BCUT2D eigenvalue weighted by atomic mass is 9.98. The average Bonchev–Trinajstić information content (AvgIpc) is 3.83. The summed E-state index contributed by atoms with van der Waals surface area (Å²) in [6.07, 6.45) is 0. The second-order valence-corrected chi connectivity index (χ2v) is 14.5. The highest BCUT2D eigenvalue weighted by Crippen LogP contribution is 2.44. The van der Waals surface area contributed by atoms with Gasteiger partial charge in [-0.2, -0.15) is 0 Å². The first kappa shape index (κ1) is 28.4. The molecule has 0 saturated carbocycles. The van der Waals surface area contributed by atoms with E-state index in [1.165, 1.54) is 91.7 Å². The van der Waals surface area contributed by atoms with Gasteiger partial charge < -0.3 is 9.13 Å². The molecule has 51 heavy (non-hydrogen) atoms. The molecule has 2 nitrogen and oxygen atoms in total. The predicted octanol–water partition coefficient (Wildman–Crippen LogP) is 13.6. The highest BCUT2D eigenvalue weighted by atomic mass is 32.1. The number of thiophene rings is 1. The Morgan fingerprint density at radius 3 is 1.22 bits per heavy atom. The second kappa shape index (κ2) is 11.0. The average molecular weight is 667 g/mol. The molecule has 0 aliphatic rings. The van der Waals surface area contributed by atoms with Gasteiger partial charge in [0.25, 0.3) is 0 Å². The lowest BCUT2D eigenvalue weighted by molar-refractivity contribution is 1.18. The van der Waals surface area contributed by atoms with Crippen molar-refractivity contribution in [2.24, 2.45) is 0 Å². The summed E-state index contributed by atoms with van der Waals surface area (Å²) in [6.45, 7) is 0. The van der Waals surface area contributed by atoms with Crippen molar-refractivity contribution in [1.29, 1.82) is 0 Å². The number of hydrogen-bond acceptors (Lipinski definition) is 1. The predicted molar refractivity (Wildman–Crippen MR) is 219 cm³/mol. The van der Waals surface area contributed by atoms with Gasteiger partial charge in [0.1, 0.15) is 0 Å². The number of para-hydroxylation sites is 3. The van der Waals surface area contributed by atoms with E-state index < -0.39 is 0 Å². The molecule has 11 rings (SSSR count). The fraction of sp³-hybridized carbons (Fsp3) is 0. The summed E-state index contributed by atoms with van der Waals surface area (Å²) in [7, 11) is 0. The van der Waals surface area contributed by atoms with E-state index in [0.717, 1.165) is 5.69 Å². The third-order valence-electron chi connectivity index (χ3n) is 10.5. The van der Waals surface area contributed by atoms with E-state index in [0.29, 0.717) is 0 Å². The van der Waals surface area contributed by atoms with Crippen LogP contribution in [0.3, 0.4) is 0 Å².